The maximum Gasteiger partial charge on any atom is 0.348 e. The predicted octanol–water partition coefficient (Wildman–Crippen LogP) is 2.54. The van der Waals surface area contributed by atoms with Crippen molar-refractivity contribution in [3.8, 4) is 0 Å². The first-order chi connectivity index (χ1) is 8.58. The highest BCUT2D eigenvalue weighted by Gasteiger charge is 2.36. The van der Waals surface area contributed by atoms with Crippen molar-refractivity contribution in [2.45, 2.75) is 51.6 Å². The standard InChI is InChI=1S/C13H23NO3S/c1-8(2)10-5-4-9(3)6-11(10)16-12(15)13-17-14-7-18-13/h8-11,13-14H,4-7H2,1-3H3/t9?,10?,11?,13-/m1/s1. The lowest BCUT2D eigenvalue weighted by Gasteiger charge is -2.36. The second kappa shape index (κ2) is 6.26. The fourth-order valence-electron chi connectivity index (χ4n) is 2.82. The number of hydrogen-bond donors (Lipinski definition) is 1. The Morgan fingerprint density at radius 3 is 2.83 bits per heavy atom. The van der Waals surface area contributed by atoms with E-state index >= 15 is 0 Å². The number of thioether (sulfide) groups is 1. The Kier molecular flexibility index (Phi) is 4.92. The molecule has 0 spiro atoms. The van der Waals surface area contributed by atoms with Crippen LogP contribution >= 0.6 is 11.8 Å². The van der Waals surface area contributed by atoms with Crippen molar-refractivity contribution < 1.29 is 14.4 Å². The highest BCUT2D eigenvalue weighted by Crippen LogP contribution is 2.36. The molecule has 1 saturated heterocycles. The Balaban J connectivity index is 1.93. The fraction of sp³-hybridized carbons (Fsp3) is 0.923. The summed E-state index contributed by atoms with van der Waals surface area (Å²) in [6.45, 7) is 6.66. The molecule has 3 unspecified atom stereocenters. The van der Waals surface area contributed by atoms with Crippen LogP contribution < -0.4 is 5.48 Å². The molecule has 0 aromatic rings. The molecule has 0 bridgehead atoms. The summed E-state index contributed by atoms with van der Waals surface area (Å²) in [7, 11) is 0. The Bertz CT molecular complexity index is 292. The summed E-state index contributed by atoms with van der Waals surface area (Å²) in [5, 5.41) is 0. The number of esters is 1. The molecule has 1 aliphatic heterocycles. The number of carbonyl (C=O) groups is 1. The van der Waals surface area contributed by atoms with Crippen LogP contribution in [0, 0.1) is 17.8 Å². The van der Waals surface area contributed by atoms with Crippen LogP contribution in [0.5, 0.6) is 0 Å². The van der Waals surface area contributed by atoms with Crippen LogP contribution in [-0.4, -0.2) is 23.4 Å². The fourth-order valence-corrected chi connectivity index (χ4v) is 3.44. The zero-order valence-corrected chi connectivity index (χ0v) is 12.2. The molecule has 2 rings (SSSR count). The molecule has 1 N–H and O–H groups in total. The summed E-state index contributed by atoms with van der Waals surface area (Å²) in [5.74, 6) is 2.12. The molecule has 1 saturated carbocycles. The van der Waals surface area contributed by atoms with Crippen LogP contribution in [0.1, 0.15) is 40.0 Å². The van der Waals surface area contributed by atoms with E-state index in [1.165, 1.54) is 18.2 Å². The van der Waals surface area contributed by atoms with Crippen LogP contribution in [-0.2, 0) is 14.4 Å². The minimum Gasteiger partial charge on any atom is -0.459 e. The second-order valence-electron chi connectivity index (χ2n) is 5.71. The smallest absolute Gasteiger partial charge is 0.348 e. The van der Waals surface area contributed by atoms with Crippen LogP contribution in [0.25, 0.3) is 0 Å². The topological polar surface area (TPSA) is 47.6 Å². The number of hydrogen-bond acceptors (Lipinski definition) is 5. The first kappa shape index (κ1) is 14.2. The molecule has 4 atom stereocenters. The number of nitrogens with one attached hydrogen (secondary N) is 1. The molecule has 18 heavy (non-hydrogen) atoms. The number of ether oxygens (including phenoxy) is 1. The lowest BCUT2D eigenvalue weighted by Crippen LogP contribution is -2.38. The van der Waals surface area contributed by atoms with E-state index in [1.807, 2.05) is 0 Å². The van der Waals surface area contributed by atoms with E-state index < -0.39 is 5.44 Å². The van der Waals surface area contributed by atoms with Crippen LogP contribution in [0.3, 0.4) is 0 Å². The average Bonchev–Trinajstić information content (AvgIpc) is 2.81. The summed E-state index contributed by atoms with van der Waals surface area (Å²) < 4.78 is 5.69. The van der Waals surface area contributed by atoms with Crippen molar-refractivity contribution in [3.05, 3.63) is 0 Å². The molecule has 104 valence electrons. The SMILES string of the molecule is CC1CCC(C(C)C)C(OC(=O)[C@@H]2ONCS2)C1. The molecular weight excluding hydrogens is 250 g/mol. The van der Waals surface area contributed by atoms with Gasteiger partial charge < -0.3 is 4.74 Å². The van der Waals surface area contributed by atoms with Gasteiger partial charge in [-0.1, -0.05) is 39.0 Å². The van der Waals surface area contributed by atoms with Gasteiger partial charge >= 0.3 is 5.97 Å². The normalized spacial score (nSPS) is 36.9. The molecule has 0 amide bonds. The van der Waals surface area contributed by atoms with Crippen molar-refractivity contribution in [2.24, 2.45) is 17.8 Å². The molecule has 2 fully saturated rings. The first-order valence-corrected chi connectivity index (χ1v) is 7.83. The van der Waals surface area contributed by atoms with E-state index in [2.05, 4.69) is 26.3 Å². The third-order valence-electron chi connectivity index (χ3n) is 3.91. The van der Waals surface area contributed by atoms with Crippen molar-refractivity contribution in [3.63, 3.8) is 0 Å². The number of rotatable bonds is 3. The van der Waals surface area contributed by atoms with Crippen molar-refractivity contribution in [1.82, 2.24) is 5.48 Å². The van der Waals surface area contributed by atoms with Gasteiger partial charge in [0.25, 0.3) is 0 Å². The molecule has 1 heterocycles. The zero-order chi connectivity index (χ0) is 13.1. The highest BCUT2D eigenvalue weighted by molar-refractivity contribution is 8.00. The van der Waals surface area contributed by atoms with Crippen LogP contribution in [0.15, 0.2) is 0 Å². The third-order valence-corrected chi connectivity index (χ3v) is 4.78. The maximum atomic E-state index is 12.0. The largest absolute Gasteiger partial charge is 0.459 e. The minimum absolute atomic E-state index is 0.0612. The third kappa shape index (κ3) is 3.39. The van der Waals surface area contributed by atoms with Crippen LogP contribution in [0.2, 0.25) is 0 Å². The molecule has 1 aliphatic carbocycles. The lowest BCUT2D eigenvalue weighted by molar-refractivity contribution is -0.165. The number of carbonyl (C=O) groups excluding carboxylic acids is 1. The first-order valence-electron chi connectivity index (χ1n) is 6.78. The van der Waals surface area contributed by atoms with Gasteiger partial charge in [0.1, 0.15) is 6.10 Å². The summed E-state index contributed by atoms with van der Waals surface area (Å²) >= 11 is 1.44. The molecule has 0 aromatic carbocycles. The lowest BCUT2D eigenvalue weighted by atomic mass is 9.75. The molecule has 0 aromatic heterocycles. The highest BCUT2D eigenvalue weighted by atomic mass is 32.2. The Labute approximate surface area is 113 Å². The van der Waals surface area contributed by atoms with Gasteiger partial charge in [0, 0.05) is 0 Å². The molecule has 4 nitrogen and oxygen atoms in total. The maximum absolute atomic E-state index is 12.0. The number of hydroxylamine groups is 1. The Hall–Kier alpha value is -0.260. The van der Waals surface area contributed by atoms with Gasteiger partial charge in [-0.25, -0.2) is 4.79 Å². The van der Waals surface area contributed by atoms with E-state index in [1.54, 1.807) is 0 Å². The Morgan fingerprint density at radius 1 is 1.44 bits per heavy atom. The van der Waals surface area contributed by atoms with E-state index in [4.69, 9.17) is 9.57 Å². The van der Waals surface area contributed by atoms with Crippen LogP contribution in [0.4, 0.5) is 0 Å². The quantitative estimate of drug-likeness (QED) is 0.801. The van der Waals surface area contributed by atoms with Crippen molar-refractivity contribution in [1.29, 1.82) is 0 Å². The van der Waals surface area contributed by atoms with Gasteiger partial charge in [-0.3, -0.25) is 4.84 Å². The van der Waals surface area contributed by atoms with Gasteiger partial charge in [-0.2, -0.15) is 5.48 Å². The molecule has 2 aliphatic rings. The molecular formula is C13H23NO3S. The van der Waals surface area contributed by atoms with E-state index in [0.717, 1.165) is 12.8 Å². The zero-order valence-electron chi connectivity index (χ0n) is 11.3. The van der Waals surface area contributed by atoms with E-state index in [9.17, 15) is 4.79 Å². The van der Waals surface area contributed by atoms with E-state index in [0.29, 0.717) is 23.6 Å². The summed E-state index contributed by atoms with van der Waals surface area (Å²) in [5.41, 5.74) is 2.20. The predicted molar refractivity (Wildman–Crippen MR) is 71.7 cm³/mol. The monoisotopic (exact) mass is 273 g/mol. The van der Waals surface area contributed by atoms with E-state index in [-0.39, 0.29) is 12.1 Å². The van der Waals surface area contributed by atoms with Gasteiger partial charge in [0.15, 0.2) is 0 Å². The average molecular weight is 273 g/mol. The minimum atomic E-state index is -0.491. The summed E-state index contributed by atoms with van der Waals surface area (Å²) in [4.78, 5) is 17.1. The van der Waals surface area contributed by atoms with Gasteiger partial charge in [0.05, 0.1) is 5.88 Å². The van der Waals surface area contributed by atoms with Gasteiger partial charge in [-0.05, 0) is 30.6 Å². The van der Waals surface area contributed by atoms with Gasteiger partial charge in [-0.15, -0.1) is 0 Å². The summed E-state index contributed by atoms with van der Waals surface area (Å²) in [6, 6.07) is 0. The molecule has 0 radical (unpaired) electrons. The van der Waals surface area contributed by atoms with Crippen molar-refractivity contribution in [2.75, 3.05) is 5.88 Å². The van der Waals surface area contributed by atoms with Gasteiger partial charge in [0.2, 0.25) is 5.44 Å². The second-order valence-corrected chi connectivity index (χ2v) is 6.76. The Morgan fingerprint density at radius 2 is 2.22 bits per heavy atom. The van der Waals surface area contributed by atoms with Crippen molar-refractivity contribution >= 4 is 17.7 Å². The molecule has 5 heteroatoms. The summed E-state index contributed by atoms with van der Waals surface area (Å²) in [6.07, 6.45) is 3.45.